The Labute approximate surface area is 648 Å². The van der Waals surface area contributed by atoms with E-state index in [-0.39, 0.29) is 173 Å². The van der Waals surface area contributed by atoms with Gasteiger partial charge in [0.2, 0.25) is 18.2 Å². The zero-order chi connectivity index (χ0) is 74.3. The zero-order valence-corrected chi connectivity index (χ0v) is 63.1. The third-order valence-corrected chi connectivity index (χ3v) is 16.1. The number of aliphatic hydroxyl groups is 1. The van der Waals surface area contributed by atoms with Crippen LogP contribution in [0.2, 0.25) is 0 Å². The minimum absolute atomic E-state index is 0. The molecule has 2 aromatic carbocycles. The first-order valence-corrected chi connectivity index (χ1v) is 31.8. The summed E-state index contributed by atoms with van der Waals surface area (Å²) in [6.07, 6.45) is 2.60. The Morgan fingerprint density at radius 1 is 0.606 bits per heavy atom. The molecule has 10 rings (SSSR count). The average molecular weight is 1560 g/mol. The summed E-state index contributed by atoms with van der Waals surface area (Å²) < 4.78 is 64.4. The van der Waals surface area contributed by atoms with Crippen LogP contribution < -0.4 is 31.4 Å². The van der Waals surface area contributed by atoms with E-state index in [9.17, 15) is 28.0 Å². The standard InChI is InChI=1S/C34H39F2N7O2.C34H37F2N7O2.2CH2O3.CH4O.2CH4.Ca.Pd.H2/c2*1-20(2)29-31(21(3)14-15-37-29)43-33-25(17-27(36)30(38-33)24-11-8-9-12-26(24)35)32(39-34(43)45)42-19-22(4)41(18-23(42)5)28(44)13-10-16-40(6)7;2*2-1(3)4;1-2;;;;;/h8-15,17,20,22-23H,16,18-19H2,1-7H3;8-9,11-12,14-15,17,20,22-23H,16,18-19H2,1-7H3;2*(H2,2,3,4);2H,1H3;2*1H4;;;1H/q;;;;;;;2*+2;/p-2/b13-10-;;;;;;;;;/t2*22-,23+;;;;;;;;/m11......../s1. The van der Waals surface area contributed by atoms with Crippen molar-refractivity contribution in [3.05, 3.63) is 164 Å². The van der Waals surface area contributed by atoms with Gasteiger partial charge in [-0.15, -0.1) is 0 Å². The molecule has 2 amide bonds. The van der Waals surface area contributed by atoms with Crippen LogP contribution in [0, 0.1) is 49.0 Å². The number of fused-ring (bicyclic) bond motifs is 2. The first-order valence-electron chi connectivity index (χ1n) is 31.8. The zero-order valence-electron chi connectivity index (χ0n) is 59.3. The summed E-state index contributed by atoms with van der Waals surface area (Å²) >= 11 is 0. The van der Waals surface area contributed by atoms with Crippen LogP contribution in [0.5, 0.6) is 0 Å². The Hall–Kier alpha value is -8.78. The first-order chi connectivity index (χ1) is 47.2. The minimum atomic E-state index is -2.08. The number of nitrogens with zero attached hydrogens (tertiary/aromatic N) is 14. The van der Waals surface area contributed by atoms with Crippen LogP contribution in [0.3, 0.4) is 0 Å². The average Bonchev–Trinajstić information content (AvgIpc) is 0.741. The Kier molecular flexibility index (Phi) is 36.0. The van der Waals surface area contributed by atoms with Crippen LogP contribution in [0.1, 0.15) is 106 Å². The van der Waals surface area contributed by atoms with E-state index in [1.807, 2.05) is 123 Å². The van der Waals surface area contributed by atoms with Crippen molar-refractivity contribution < 1.29 is 84.1 Å². The molecular weight excluding hydrogens is 1470 g/mol. The molecule has 2 aliphatic heterocycles. The maximum atomic E-state index is 15.9. The third kappa shape index (κ3) is 22.1. The van der Waals surface area contributed by atoms with E-state index in [1.165, 1.54) is 57.7 Å². The second-order valence-electron chi connectivity index (χ2n) is 24.9. The Morgan fingerprint density at radius 2 is 0.981 bits per heavy atom. The molecule has 0 radical (unpaired) electrons. The molecule has 4 atom stereocenters. The molecule has 3 N–H and O–H groups in total. The number of amides is 2. The van der Waals surface area contributed by atoms with Gasteiger partial charge < -0.3 is 59.6 Å². The maximum Gasteiger partial charge on any atom is 2.00 e. The van der Waals surface area contributed by atoms with Crippen LogP contribution in [-0.2, 0) is 30.0 Å². The molecule has 31 heteroatoms. The third-order valence-electron chi connectivity index (χ3n) is 16.1. The molecule has 0 saturated carbocycles. The van der Waals surface area contributed by atoms with Crippen LogP contribution in [0.4, 0.5) is 38.8 Å². The van der Waals surface area contributed by atoms with E-state index in [0.29, 0.717) is 67.4 Å². The molecule has 2 aliphatic rings. The van der Waals surface area contributed by atoms with Crippen LogP contribution >= 0.6 is 0 Å². The van der Waals surface area contributed by atoms with Crippen LogP contribution in [0.15, 0.2) is 107 Å². The van der Waals surface area contributed by atoms with Crippen LogP contribution in [0.25, 0.3) is 56.0 Å². The molecule has 25 nitrogen and oxygen atoms in total. The summed E-state index contributed by atoms with van der Waals surface area (Å²) in [6, 6.07) is 16.7. The number of aryl methyl sites for hydroxylation is 2. The minimum Gasteiger partial charge on any atom is -0.565 e. The van der Waals surface area contributed by atoms with E-state index in [2.05, 4.69) is 41.7 Å². The van der Waals surface area contributed by atoms with Gasteiger partial charge in [-0.25, -0.2) is 46.3 Å². The van der Waals surface area contributed by atoms with Crippen molar-refractivity contribution in [3.63, 3.8) is 0 Å². The van der Waals surface area contributed by atoms with Gasteiger partial charge in [0.25, 0.3) is 5.91 Å². The fourth-order valence-corrected chi connectivity index (χ4v) is 11.5. The molecule has 0 spiro atoms. The molecule has 104 heavy (non-hydrogen) atoms. The number of pyridine rings is 4. The van der Waals surface area contributed by atoms with Crippen molar-refractivity contribution in [1.29, 1.82) is 0 Å². The van der Waals surface area contributed by atoms with Gasteiger partial charge in [-0.3, -0.25) is 24.5 Å². The van der Waals surface area contributed by atoms with Crippen LogP contribution in [-0.4, -0.2) is 235 Å². The normalized spacial score (nSPS) is 15.3. The van der Waals surface area contributed by atoms with Crippen molar-refractivity contribution in [2.24, 2.45) is 0 Å². The molecule has 6 aromatic heterocycles. The molecule has 0 bridgehead atoms. The van der Waals surface area contributed by atoms with Crippen molar-refractivity contribution in [1.82, 2.24) is 58.6 Å². The molecule has 0 aliphatic carbocycles. The summed E-state index contributed by atoms with van der Waals surface area (Å²) in [5.74, 6) is 2.88. The Balaban J connectivity index is 0.000000894. The van der Waals surface area contributed by atoms with E-state index in [0.717, 1.165) is 18.2 Å². The van der Waals surface area contributed by atoms with Gasteiger partial charge in [-0.1, -0.05) is 78.8 Å². The van der Waals surface area contributed by atoms with Gasteiger partial charge in [0.15, 0.2) is 11.3 Å². The van der Waals surface area contributed by atoms with Gasteiger partial charge in [-0.05, 0) is 147 Å². The van der Waals surface area contributed by atoms with E-state index >= 15 is 8.78 Å². The number of piperazine rings is 2. The summed E-state index contributed by atoms with van der Waals surface area (Å²) in [4.78, 5) is 110. The summed E-state index contributed by atoms with van der Waals surface area (Å²) in [5.41, 5.74) is 2.43. The number of carbonyl (C=O) groups excluding carboxylic acids is 2. The number of carboxylic acid groups (broad SMARTS) is 4. The second kappa shape index (κ2) is 41.1. The topological polar surface area (TPSA) is 316 Å². The van der Waals surface area contributed by atoms with E-state index in [1.54, 1.807) is 52.5 Å². The molecule has 0 unspecified atom stereocenters. The van der Waals surface area contributed by atoms with E-state index < -0.39 is 47.0 Å². The number of likely N-dealkylation sites (N-methyl/N-ethyl adjacent to an activating group) is 1. The number of halogens is 4. The fraction of sp³-hybridized carbons (Fsp3) is 0.397. The number of rotatable bonds is 12. The Bertz CT molecular complexity index is 4520. The van der Waals surface area contributed by atoms with Gasteiger partial charge in [0.1, 0.15) is 46.3 Å². The number of benzene rings is 2. The maximum absolute atomic E-state index is 15.9. The molecular formula is C73H92CaF4N14O11Pd+2. The van der Waals surface area contributed by atoms with Crippen molar-refractivity contribution >= 4 is 95.6 Å². The fourth-order valence-electron chi connectivity index (χ4n) is 11.5. The number of carbonyl (C=O) groups is 4. The molecule has 558 valence electrons. The molecule has 8 aromatic rings. The predicted molar refractivity (Wildman–Crippen MR) is 390 cm³/mol. The molecule has 8 heterocycles. The molecule has 2 saturated heterocycles. The number of aromatic nitrogens is 8. The summed E-state index contributed by atoms with van der Waals surface area (Å²) in [6.45, 7) is 21.8. The smallest absolute Gasteiger partial charge is 0.565 e. The molecule has 2 fully saturated rings. The first kappa shape index (κ1) is 91.3. The van der Waals surface area contributed by atoms with Gasteiger partial charge in [0, 0.05) is 95.0 Å². The monoisotopic (exact) mass is 1560 g/mol. The summed E-state index contributed by atoms with van der Waals surface area (Å²) in [5, 5.41) is 38.2. The summed E-state index contributed by atoms with van der Waals surface area (Å²) in [7, 11) is 8.62. The van der Waals surface area contributed by atoms with Gasteiger partial charge >= 0.3 is 69.5 Å². The largest absolute Gasteiger partial charge is 2.00 e. The quantitative estimate of drug-likeness (QED) is 0.0449. The van der Waals surface area contributed by atoms with Crippen molar-refractivity contribution in [2.75, 3.05) is 84.4 Å². The SMILES string of the molecule is C.C.CO.Cc1ccnc(C(C)C)c1-n1c(=O)nc(N2C[C@@H](C)N(C(=O)/C=C\CN(C)C)C[C@@H]2C)c2cc(F)c(-c3ccccc3F)nc21.Cc1ccnc(C(C)C)c1-n1c(=O)nc(N2C[C@@H](C)N(C(=O)C#CCN(C)C)C[C@@H]2C)c2cc(F)c(-c3ccccc3F)nc21.O=C([O-])O.O=C([O-])O.[Ca+2].[HH].[Pd+2]. The van der Waals surface area contributed by atoms with Crippen molar-refractivity contribution in [3.8, 4) is 45.7 Å². The van der Waals surface area contributed by atoms with Gasteiger partial charge in [-0.2, -0.15) is 9.97 Å². The second-order valence-corrected chi connectivity index (χ2v) is 24.9. The Morgan fingerprint density at radius 3 is 1.35 bits per heavy atom. The van der Waals surface area contributed by atoms with E-state index in [4.69, 9.17) is 35.1 Å². The number of hydrogen-bond acceptors (Lipinski definition) is 19. The van der Waals surface area contributed by atoms with Crippen molar-refractivity contribution in [2.45, 2.75) is 120 Å². The predicted octanol–water partition coefficient (Wildman–Crippen LogP) is 8.16. The number of anilines is 2. The van der Waals surface area contributed by atoms with Gasteiger partial charge in [0.05, 0.1) is 40.1 Å². The number of hydrogen-bond donors (Lipinski definition) is 3. The number of aliphatic hydroxyl groups excluding tert-OH is 1.